The summed E-state index contributed by atoms with van der Waals surface area (Å²) in [6.45, 7) is -1.08. The summed E-state index contributed by atoms with van der Waals surface area (Å²) in [5.74, 6) is -5.00. The van der Waals surface area contributed by atoms with Gasteiger partial charge in [-0.05, 0) is 0 Å². The summed E-state index contributed by atoms with van der Waals surface area (Å²) in [5.41, 5.74) is 0. The van der Waals surface area contributed by atoms with Crippen LogP contribution in [0.2, 0.25) is 0 Å². The molecule has 0 saturated carbocycles. The molecule has 1 rings (SSSR count). The van der Waals surface area contributed by atoms with E-state index in [1.165, 1.54) is 0 Å². The van der Waals surface area contributed by atoms with Crippen LogP contribution in [0.4, 0.5) is 26.3 Å². The van der Waals surface area contributed by atoms with Gasteiger partial charge in [-0.2, -0.15) is 26.3 Å². The van der Waals surface area contributed by atoms with Crippen molar-refractivity contribution in [1.29, 1.82) is 0 Å². The molecule has 5 nitrogen and oxygen atoms in total. The highest BCUT2D eigenvalue weighted by molar-refractivity contribution is 5.82. The van der Waals surface area contributed by atoms with Crippen LogP contribution in [0.3, 0.4) is 0 Å². The molecule has 1 heterocycles. The molecule has 1 N–H and O–H groups in total. The Balaban J connectivity index is 2.79. The maximum Gasteiger partial charge on any atom is 0.491 e. The fourth-order valence-corrected chi connectivity index (χ4v) is 1.37. The number of alkyl halides is 6. The molecule has 1 unspecified atom stereocenters. The van der Waals surface area contributed by atoms with E-state index in [1.54, 1.807) is 0 Å². The lowest BCUT2D eigenvalue weighted by Gasteiger charge is -2.35. The van der Waals surface area contributed by atoms with Crippen molar-refractivity contribution in [3.63, 3.8) is 0 Å². The van der Waals surface area contributed by atoms with Gasteiger partial charge >= 0.3 is 24.2 Å². The molecule has 1 saturated heterocycles. The van der Waals surface area contributed by atoms with E-state index in [4.69, 9.17) is 0 Å². The second kappa shape index (κ2) is 5.23. The van der Waals surface area contributed by atoms with Gasteiger partial charge in [0.1, 0.15) is 0 Å². The Hall–Kier alpha value is -1.52. The molecular formula is C8H8F6N2O3. The van der Waals surface area contributed by atoms with Crippen molar-refractivity contribution in [1.82, 2.24) is 10.2 Å². The third-order valence-electron chi connectivity index (χ3n) is 2.17. The first-order valence-corrected chi connectivity index (χ1v) is 4.90. The zero-order valence-corrected chi connectivity index (χ0v) is 9.14. The Bertz CT molecular complexity index is 366. The summed E-state index contributed by atoms with van der Waals surface area (Å²) < 4.78 is 76.3. The van der Waals surface area contributed by atoms with Gasteiger partial charge in [0.15, 0.2) is 6.23 Å². The third-order valence-corrected chi connectivity index (χ3v) is 2.17. The second-order valence-electron chi connectivity index (χ2n) is 3.56. The van der Waals surface area contributed by atoms with Gasteiger partial charge in [-0.25, -0.2) is 4.79 Å². The van der Waals surface area contributed by atoms with E-state index >= 15 is 0 Å². The summed E-state index contributed by atoms with van der Waals surface area (Å²) in [6.07, 6.45) is -12.5. The van der Waals surface area contributed by atoms with E-state index in [0.29, 0.717) is 0 Å². The quantitative estimate of drug-likeness (QED) is 0.562. The molecule has 1 aliphatic heterocycles. The first kappa shape index (κ1) is 15.5. The number of nitrogens with one attached hydrogen (secondary N) is 1. The van der Waals surface area contributed by atoms with E-state index in [9.17, 15) is 35.9 Å². The molecule has 1 amide bonds. The predicted molar refractivity (Wildman–Crippen MR) is 46.6 cm³/mol. The molecule has 0 aromatic carbocycles. The maximum absolute atomic E-state index is 12.2. The maximum atomic E-state index is 12.2. The topological polar surface area (TPSA) is 58.6 Å². The summed E-state index contributed by atoms with van der Waals surface area (Å²) in [6, 6.07) is 0. The number of ether oxygens (including phenoxy) is 1. The van der Waals surface area contributed by atoms with E-state index in [2.05, 4.69) is 10.1 Å². The van der Waals surface area contributed by atoms with Crippen molar-refractivity contribution in [2.24, 2.45) is 0 Å². The van der Waals surface area contributed by atoms with Gasteiger partial charge in [0.05, 0.1) is 6.54 Å². The Morgan fingerprint density at radius 1 is 1.11 bits per heavy atom. The standard InChI is InChI=1S/C8H8F6N2O3/c9-7(10,11)5(17)16-2-1-15-3-4(16)19-6(18)8(12,13)14/h4,15H,1-3H2. The monoisotopic (exact) mass is 294 g/mol. The summed E-state index contributed by atoms with van der Waals surface area (Å²) in [7, 11) is 0. The van der Waals surface area contributed by atoms with E-state index < -0.39 is 43.5 Å². The number of rotatable bonds is 1. The Morgan fingerprint density at radius 2 is 1.68 bits per heavy atom. The van der Waals surface area contributed by atoms with E-state index in [0.717, 1.165) is 0 Å². The van der Waals surface area contributed by atoms with Gasteiger partial charge in [0.25, 0.3) is 0 Å². The molecule has 1 atom stereocenters. The highest BCUT2D eigenvalue weighted by atomic mass is 19.4. The van der Waals surface area contributed by atoms with Crippen LogP contribution in [0.1, 0.15) is 0 Å². The molecule has 0 spiro atoms. The van der Waals surface area contributed by atoms with Gasteiger partial charge in [-0.1, -0.05) is 0 Å². The van der Waals surface area contributed by atoms with E-state index in [1.807, 2.05) is 0 Å². The number of hydrogen-bond acceptors (Lipinski definition) is 4. The lowest BCUT2D eigenvalue weighted by atomic mass is 10.3. The zero-order chi connectivity index (χ0) is 14.8. The van der Waals surface area contributed by atoms with Crippen LogP contribution >= 0.6 is 0 Å². The van der Waals surface area contributed by atoms with Crippen molar-refractivity contribution < 1.29 is 40.7 Å². The van der Waals surface area contributed by atoms with Crippen LogP contribution in [0.25, 0.3) is 0 Å². The van der Waals surface area contributed by atoms with Gasteiger partial charge in [0.2, 0.25) is 0 Å². The Morgan fingerprint density at radius 3 is 2.16 bits per heavy atom. The molecule has 1 fully saturated rings. The van der Waals surface area contributed by atoms with Gasteiger partial charge in [0, 0.05) is 13.1 Å². The van der Waals surface area contributed by atoms with Gasteiger partial charge in [-0.3, -0.25) is 9.69 Å². The van der Waals surface area contributed by atoms with Crippen LogP contribution in [0, 0.1) is 0 Å². The number of nitrogens with zero attached hydrogens (tertiary/aromatic N) is 1. The molecule has 0 aliphatic carbocycles. The van der Waals surface area contributed by atoms with Crippen LogP contribution in [-0.2, 0) is 14.3 Å². The van der Waals surface area contributed by atoms with Gasteiger partial charge < -0.3 is 10.1 Å². The van der Waals surface area contributed by atoms with E-state index in [-0.39, 0.29) is 11.4 Å². The highest BCUT2D eigenvalue weighted by Gasteiger charge is 2.48. The first-order valence-electron chi connectivity index (χ1n) is 4.90. The van der Waals surface area contributed by atoms with Crippen LogP contribution in [0.5, 0.6) is 0 Å². The Labute approximate surface area is 102 Å². The summed E-state index contributed by atoms with van der Waals surface area (Å²) in [4.78, 5) is 21.6. The third kappa shape index (κ3) is 3.98. The minimum absolute atomic E-state index is 0.0418. The number of carbonyl (C=O) groups excluding carboxylic acids is 2. The Kier molecular flexibility index (Phi) is 4.28. The van der Waals surface area contributed by atoms with Crippen molar-refractivity contribution >= 4 is 11.9 Å². The number of hydrogen-bond donors (Lipinski definition) is 1. The smallest absolute Gasteiger partial charge is 0.433 e. The lowest BCUT2D eigenvalue weighted by Crippen LogP contribution is -2.58. The molecule has 0 aromatic heterocycles. The highest BCUT2D eigenvalue weighted by Crippen LogP contribution is 2.23. The minimum atomic E-state index is -5.34. The number of halogens is 6. The number of esters is 1. The van der Waals surface area contributed by atoms with Crippen molar-refractivity contribution in [3.8, 4) is 0 Å². The molecular weight excluding hydrogens is 286 g/mol. The minimum Gasteiger partial charge on any atom is -0.433 e. The fourth-order valence-electron chi connectivity index (χ4n) is 1.37. The SMILES string of the molecule is O=C(OC1CNCCN1C(=O)C(F)(F)F)C(F)(F)F. The molecule has 11 heteroatoms. The van der Waals surface area contributed by atoms with Crippen molar-refractivity contribution in [2.45, 2.75) is 18.6 Å². The average molecular weight is 294 g/mol. The molecule has 0 aromatic rings. The van der Waals surface area contributed by atoms with Crippen LogP contribution < -0.4 is 5.32 Å². The molecule has 110 valence electrons. The van der Waals surface area contributed by atoms with Crippen molar-refractivity contribution in [2.75, 3.05) is 19.6 Å². The zero-order valence-electron chi connectivity index (χ0n) is 9.14. The normalized spacial score (nSPS) is 21.2. The summed E-state index contributed by atoms with van der Waals surface area (Å²) >= 11 is 0. The first-order chi connectivity index (χ1) is 8.53. The lowest BCUT2D eigenvalue weighted by molar-refractivity contribution is -0.221. The number of carbonyl (C=O) groups is 2. The summed E-state index contributed by atoms with van der Waals surface area (Å²) in [5, 5.41) is 2.42. The number of amides is 1. The van der Waals surface area contributed by atoms with Crippen molar-refractivity contribution in [3.05, 3.63) is 0 Å². The number of piperazine rings is 1. The molecule has 0 radical (unpaired) electrons. The largest absolute Gasteiger partial charge is 0.491 e. The van der Waals surface area contributed by atoms with Gasteiger partial charge in [-0.15, -0.1) is 0 Å². The second-order valence-corrected chi connectivity index (χ2v) is 3.56. The average Bonchev–Trinajstić information content (AvgIpc) is 2.26. The van der Waals surface area contributed by atoms with Crippen LogP contribution in [-0.4, -0.2) is 55.0 Å². The fraction of sp³-hybridized carbons (Fsp3) is 0.750. The molecule has 0 bridgehead atoms. The predicted octanol–water partition coefficient (Wildman–Crippen LogP) is 0.412. The molecule has 19 heavy (non-hydrogen) atoms. The molecule has 1 aliphatic rings. The van der Waals surface area contributed by atoms with Crippen LogP contribution in [0.15, 0.2) is 0 Å².